The number of hydrogen-bond acceptors (Lipinski definition) is 12. The van der Waals surface area contributed by atoms with Gasteiger partial charge in [0, 0.05) is 0 Å². The minimum absolute atomic E-state index is 0.213. The molecule has 8 atom stereocenters. The number of methoxy groups -OCH3 is 3. The van der Waals surface area contributed by atoms with E-state index in [1.54, 1.807) is 21.3 Å². The number of rotatable bonds is 20. The molecular formula is C47H58O12SeSi. The normalized spacial score (nSPS) is 25.9. The van der Waals surface area contributed by atoms with Crippen molar-refractivity contribution in [1.82, 2.24) is 0 Å². The molecule has 14 heteroatoms. The van der Waals surface area contributed by atoms with Crippen LogP contribution in [0.15, 0.2) is 115 Å². The van der Waals surface area contributed by atoms with E-state index in [1.807, 2.05) is 118 Å². The van der Waals surface area contributed by atoms with Crippen molar-refractivity contribution < 1.29 is 56.2 Å². The summed E-state index contributed by atoms with van der Waals surface area (Å²) in [5.41, 5.74) is 3.74. The number of hydrogen-bond donors (Lipinski definition) is 0. The van der Waals surface area contributed by atoms with E-state index in [9.17, 15) is 0 Å². The monoisotopic (exact) mass is 922 g/mol. The van der Waals surface area contributed by atoms with E-state index >= 15 is 0 Å². The first kappa shape index (κ1) is 45.4. The topological polar surface area (TPSA) is 111 Å². The SMILES string of the molecule is C=C1[C@H]2OC(C)(C)O[C@H]2O[C@@H]1CO[Si](C)(C)O[C@@H]1[C@@H](OCc2ccc(OC)cc2)[C@H](OCc2ccc(OC)cc2)[C@@H](COCc2ccc(OC)cc2)O[C@H]1[Se]c1ccccc1. The van der Waals surface area contributed by atoms with Crippen molar-refractivity contribution in [2.24, 2.45) is 0 Å². The first-order valence-corrected chi connectivity index (χ1v) is 25.2. The van der Waals surface area contributed by atoms with Gasteiger partial charge in [0.2, 0.25) is 0 Å². The van der Waals surface area contributed by atoms with Gasteiger partial charge >= 0.3 is 368 Å². The molecule has 61 heavy (non-hydrogen) atoms. The second-order valence-electron chi connectivity index (χ2n) is 16.0. The molecule has 0 unspecified atom stereocenters. The first-order chi connectivity index (χ1) is 29.4. The Labute approximate surface area is 367 Å². The molecule has 12 nitrogen and oxygen atoms in total. The van der Waals surface area contributed by atoms with Crippen molar-refractivity contribution in [2.45, 2.75) is 100 Å². The third-order valence-electron chi connectivity index (χ3n) is 10.6. The predicted molar refractivity (Wildman–Crippen MR) is 232 cm³/mol. The Morgan fingerprint density at radius 2 is 1.18 bits per heavy atom. The van der Waals surface area contributed by atoms with E-state index in [4.69, 9.17) is 56.2 Å². The van der Waals surface area contributed by atoms with Gasteiger partial charge < -0.3 is 0 Å². The fraction of sp³-hybridized carbons (Fsp3) is 0.447. The molecule has 3 aliphatic rings. The number of fused-ring (bicyclic) bond motifs is 1. The van der Waals surface area contributed by atoms with Gasteiger partial charge in [0.25, 0.3) is 0 Å². The standard InChI is InChI=1S/C47H58O12SeSi/c1-31-39(55-45-41(31)57-47(2,3)58-45)30-54-61(7,8)59-44-43(53-28-34-18-24-37(50-6)25-19-34)42(52-27-33-16-22-36(49-5)23-17-33)40(56-46(44)60-38-12-10-9-11-13-38)29-51-26-32-14-20-35(48-4)21-15-32/h9-25,39-46H,1,26-30H2,2-8H3/t39-,40-,41-,42-,43+,44-,45-,46+/m1/s1. The zero-order chi connectivity index (χ0) is 43.0. The van der Waals surface area contributed by atoms with Crippen LogP contribution in [0.25, 0.3) is 0 Å². The fourth-order valence-corrected chi connectivity index (χ4v) is 11.5. The first-order valence-electron chi connectivity index (χ1n) is 20.5. The summed E-state index contributed by atoms with van der Waals surface area (Å²) in [6.07, 6.45) is -3.62. The molecule has 328 valence electrons. The number of benzene rings is 4. The number of ether oxygens (including phenoxy) is 10. The molecule has 3 heterocycles. The summed E-state index contributed by atoms with van der Waals surface area (Å²) < 4.78 is 77.2. The summed E-state index contributed by atoms with van der Waals surface area (Å²) in [5.74, 6) is 1.57. The van der Waals surface area contributed by atoms with Gasteiger partial charge in [-0.15, -0.1) is 0 Å². The molecule has 0 bridgehead atoms. The van der Waals surface area contributed by atoms with E-state index < -0.39 is 56.2 Å². The van der Waals surface area contributed by atoms with Crippen LogP contribution in [0.5, 0.6) is 17.2 Å². The molecule has 0 saturated carbocycles. The quantitative estimate of drug-likeness (QED) is 0.0696. The van der Waals surface area contributed by atoms with Gasteiger partial charge in [-0.2, -0.15) is 0 Å². The van der Waals surface area contributed by atoms with Crippen molar-refractivity contribution in [1.29, 1.82) is 0 Å². The molecular weight excluding hydrogens is 864 g/mol. The Morgan fingerprint density at radius 3 is 1.72 bits per heavy atom. The summed E-state index contributed by atoms with van der Waals surface area (Å²) in [5, 5.41) is -0.400. The zero-order valence-corrected chi connectivity index (χ0v) is 38.7. The summed E-state index contributed by atoms with van der Waals surface area (Å²) >= 11 is -0.213. The molecule has 3 saturated heterocycles. The summed E-state index contributed by atoms with van der Waals surface area (Å²) in [7, 11) is 1.98. The molecule has 3 aliphatic heterocycles. The molecule has 4 aromatic carbocycles. The van der Waals surface area contributed by atoms with Crippen LogP contribution in [0.4, 0.5) is 0 Å². The van der Waals surface area contributed by atoms with Crippen LogP contribution in [-0.2, 0) is 61.8 Å². The van der Waals surface area contributed by atoms with E-state index in [0.29, 0.717) is 19.8 Å². The van der Waals surface area contributed by atoms with Gasteiger partial charge in [-0.3, -0.25) is 0 Å². The average Bonchev–Trinajstić information content (AvgIpc) is 3.73. The summed E-state index contributed by atoms with van der Waals surface area (Å²) in [6, 6.07) is 33.9. The van der Waals surface area contributed by atoms with Crippen LogP contribution in [0.2, 0.25) is 13.1 Å². The Bertz CT molecular complexity index is 1980. The second-order valence-corrected chi connectivity index (χ2v) is 21.8. The predicted octanol–water partition coefficient (Wildman–Crippen LogP) is 6.69. The van der Waals surface area contributed by atoms with E-state index in [2.05, 4.69) is 18.7 Å². The van der Waals surface area contributed by atoms with Crippen molar-refractivity contribution in [3.05, 3.63) is 132 Å². The third-order valence-corrected chi connectivity index (χ3v) is 14.8. The maximum atomic E-state index is 7.25. The zero-order valence-electron chi connectivity index (χ0n) is 36.0. The van der Waals surface area contributed by atoms with E-state index in [-0.39, 0.29) is 34.3 Å². The second kappa shape index (κ2) is 20.7. The van der Waals surface area contributed by atoms with Crippen molar-refractivity contribution in [2.75, 3.05) is 34.5 Å². The van der Waals surface area contributed by atoms with Gasteiger partial charge in [-0.25, -0.2) is 0 Å². The van der Waals surface area contributed by atoms with E-state index in [0.717, 1.165) is 44.0 Å². The molecule has 0 spiro atoms. The molecule has 7 rings (SSSR count). The van der Waals surface area contributed by atoms with Crippen LogP contribution >= 0.6 is 0 Å². The Kier molecular flexibility index (Phi) is 15.4. The fourth-order valence-electron chi connectivity index (χ4n) is 7.40. The summed E-state index contributed by atoms with van der Waals surface area (Å²) in [6.45, 7) is 13.5. The van der Waals surface area contributed by atoms with Crippen LogP contribution in [0.3, 0.4) is 0 Å². The van der Waals surface area contributed by atoms with Crippen LogP contribution in [0, 0.1) is 0 Å². The average molecular weight is 922 g/mol. The van der Waals surface area contributed by atoms with Crippen LogP contribution < -0.4 is 18.7 Å². The maximum absolute atomic E-state index is 7.25. The molecule has 4 aromatic rings. The van der Waals surface area contributed by atoms with Gasteiger partial charge in [0.15, 0.2) is 0 Å². The third kappa shape index (κ3) is 12.1. The molecule has 0 amide bonds. The van der Waals surface area contributed by atoms with Crippen LogP contribution in [-0.4, -0.2) is 112 Å². The minimum atomic E-state index is -2.98. The van der Waals surface area contributed by atoms with Gasteiger partial charge in [-0.05, 0) is 0 Å². The Balaban J connectivity index is 1.18. The summed E-state index contributed by atoms with van der Waals surface area (Å²) in [4.78, 5) is 0. The molecule has 0 radical (unpaired) electrons. The Morgan fingerprint density at radius 1 is 0.639 bits per heavy atom. The van der Waals surface area contributed by atoms with E-state index in [1.165, 1.54) is 0 Å². The van der Waals surface area contributed by atoms with Gasteiger partial charge in [-0.1, -0.05) is 0 Å². The Hall–Kier alpha value is -3.60. The van der Waals surface area contributed by atoms with Crippen molar-refractivity contribution in [3.63, 3.8) is 0 Å². The van der Waals surface area contributed by atoms with Gasteiger partial charge in [0.1, 0.15) is 0 Å². The molecule has 0 aromatic heterocycles. The molecule has 0 N–H and O–H groups in total. The van der Waals surface area contributed by atoms with Crippen molar-refractivity contribution >= 4 is 28.0 Å². The van der Waals surface area contributed by atoms with Gasteiger partial charge in [0.05, 0.1) is 0 Å². The van der Waals surface area contributed by atoms with Crippen LogP contribution in [0.1, 0.15) is 30.5 Å². The molecule has 3 fully saturated rings. The molecule has 0 aliphatic carbocycles. The van der Waals surface area contributed by atoms with Crippen molar-refractivity contribution in [3.8, 4) is 17.2 Å².